The van der Waals surface area contributed by atoms with Gasteiger partial charge < -0.3 is 4.74 Å². The van der Waals surface area contributed by atoms with Crippen molar-refractivity contribution in [2.45, 2.75) is 30.5 Å². The van der Waals surface area contributed by atoms with E-state index in [0.29, 0.717) is 12.2 Å². The molecule has 2 nitrogen and oxygen atoms in total. The number of carbonyl (C=O) groups is 1. The minimum atomic E-state index is -2.00. The smallest absolute Gasteiger partial charge is 0.363 e. The molecular formula is C8H11Cl3O2. The maximum absolute atomic E-state index is 11.0. The van der Waals surface area contributed by atoms with Crippen LogP contribution in [0.4, 0.5) is 0 Å². The predicted molar refractivity (Wildman–Crippen MR) is 55.0 cm³/mol. The van der Waals surface area contributed by atoms with Gasteiger partial charge in [0.05, 0.1) is 0 Å². The number of allylic oxidation sites excluding steroid dienone is 2. The topological polar surface area (TPSA) is 26.3 Å². The second-order valence-corrected chi connectivity index (χ2v) is 4.60. The zero-order valence-corrected chi connectivity index (χ0v) is 9.71. The lowest BCUT2D eigenvalue weighted by Gasteiger charge is -2.11. The van der Waals surface area contributed by atoms with Crippen molar-refractivity contribution in [3.05, 3.63) is 11.8 Å². The number of carbonyl (C=O) groups excluding carboxylic acids is 1. The largest absolute Gasteiger partial charge is 0.428 e. The first-order chi connectivity index (χ1) is 5.91. The molecular weight excluding hydrogens is 234 g/mol. The fourth-order valence-electron chi connectivity index (χ4n) is 0.663. The van der Waals surface area contributed by atoms with Gasteiger partial charge in [-0.1, -0.05) is 48.7 Å². The molecule has 0 amide bonds. The van der Waals surface area contributed by atoms with Crippen molar-refractivity contribution in [1.29, 1.82) is 0 Å². The van der Waals surface area contributed by atoms with Crippen LogP contribution in [-0.4, -0.2) is 9.76 Å². The highest BCUT2D eigenvalue weighted by atomic mass is 35.6. The summed E-state index contributed by atoms with van der Waals surface area (Å²) in [6, 6.07) is 0. The molecule has 0 saturated carbocycles. The maximum atomic E-state index is 11.0. The summed E-state index contributed by atoms with van der Waals surface area (Å²) in [6.07, 6.45) is 3.14. The summed E-state index contributed by atoms with van der Waals surface area (Å²) in [7, 11) is 0. The molecule has 0 aromatic rings. The van der Waals surface area contributed by atoms with Gasteiger partial charge >= 0.3 is 5.97 Å². The Labute approximate surface area is 92.8 Å². The van der Waals surface area contributed by atoms with Crippen LogP contribution in [0.25, 0.3) is 0 Å². The van der Waals surface area contributed by atoms with Gasteiger partial charge in [-0.3, -0.25) is 0 Å². The van der Waals surface area contributed by atoms with Crippen molar-refractivity contribution >= 4 is 40.8 Å². The highest BCUT2D eigenvalue weighted by Crippen LogP contribution is 2.28. The third kappa shape index (κ3) is 5.40. The third-order valence-corrected chi connectivity index (χ3v) is 1.70. The van der Waals surface area contributed by atoms with Crippen LogP contribution in [0.15, 0.2) is 11.8 Å². The van der Waals surface area contributed by atoms with Crippen molar-refractivity contribution < 1.29 is 9.53 Å². The van der Waals surface area contributed by atoms with Crippen molar-refractivity contribution in [2.24, 2.45) is 0 Å². The van der Waals surface area contributed by atoms with Gasteiger partial charge in [0.1, 0.15) is 5.76 Å². The number of rotatable bonds is 3. The summed E-state index contributed by atoms with van der Waals surface area (Å²) in [5, 5.41) is 0. The Bertz CT molecular complexity index is 206. The van der Waals surface area contributed by atoms with Crippen LogP contribution in [0.2, 0.25) is 0 Å². The average Bonchev–Trinajstić information content (AvgIpc) is 2.01. The second kappa shape index (κ2) is 5.74. The van der Waals surface area contributed by atoms with Crippen LogP contribution in [0.5, 0.6) is 0 Å². The van der Waals surface area contributed by atoms with E-state index in [1.54, 1.807) is 6.08 Å². The number of hydrogen-bond acceptors (Lipinski definition) is 2. The van der Waals surface area contributed by atoms with Gasteiger partial charge in [0.2, 0.25) is 0 Å². The number of hydrogen-bond donors (Lipinski definition) is 0. The molecule has 0 N–H and O–H groups in total. The summed E-state index contributed by atoms with van der Waals surface area (Å²) in [4.78, 5) is 11.0. The SMILES string of the molecule is CC/C=C(\CC)OC(=O)C(Cl)(Cl)Cl. The molecule has 0 aromatic carbocycles. The Kier molecular flexibility index (Phi) is 5.77. The normalized spacial score (nSPS) is 12.8. The van der Waals surface area contributed by atoms with E-state index in [2.05, 4.69) is 0 Å². The first kappa shape index (κ1) is 13.1. The number of esters is 1. The third-order valence-electron chi connectivity index (χ3n) is 1.24. The highest BCUT2D eigenvalue weighted by molar-refractivity contribution is 6.75. The van der Waals surface area contributed by atoms with Gasteiger partial charge in [-0.25, -0.2) is 4.79 Å². The summed E-state index contributed by atoms with van der Waals surface area (Å²) >= 11 is 15.9. The van der Waals surface area contributed by atoms with E-state index in [1.807, 2.05) is 13.8 Å². The Balaban J connectivity index is 4.26. The summed E-state index contributed by atoms with van der Waals surface area (Å²) in [5.41, 5.74) is 0. The molecule has 0 radical (unpaired) electrons. The zero-order chi connectivity index (χ0) is 10.5. The molecule has 0 spiro atoms. The zero-order valence-electron chi connectivity index (χ0n) is 7.44. The van der Waals surface area contributed by atoms with Crippen molar-refractivity contribution in [3.8, 4) is 0 Å². The maximum Gasteiger partial charge on any atom is 0.363 e. The molecule has 0 unspecified atom stereocenters. The van der Waals surface area contributed by atoms with Gasteiger partial charge in [0.15, 0.2) is 0 Å². The average molecular weight is 246 g/mol. The summed E-state index contributed by atoms with van der Waals surface area (Å²) in [6.45, 7) is 3.78. The first-order valence-corrected chi connectivity index (χ1v) is 5.03. The molecule has 76 valence electrons. The number of ether oxygens (including phenoxy) is 1. The van der Waals surface area contributed by atoms with Crippen LogP contribution in [-0.2, 0) is 9.53 Å². The predicted octanol–water partition coefficient (Wildman–Crippen LogP) is 3.60. The first-order valence-electron chi connectivity index (χ1n) is 3.89. The van der Waals surface area contributed by atoms with Crippen LogP contribution < -0.4 is 0 Å². The lowest BCUT2D eigenvalue weighted by atomic mass is 10.3. The molecule has 0 rings (SSSR count). The molecule has 0 saturated heterocycles. The fraction of sp³-hybridized carbons (Fsp3) is 0.625. The standard InChI is InChI=1S/C8H11Cl3O2/c1-3-5-6(4-2)13-7(12)8(9,10)11/h5H,3-4H2,1-2H3/b6-5+. The molecule has 0 bridgehead atoms. The van der Waals surface area contributed by atoms with Crippen LogP contribution in [0, 0.1) is 0 Å². The van der Waals surface area contributed by atoms with Crippen molar-refractivity contribution in [1.82, 2.24) is 0 Å². The van der Waals surface area contributed by atoms with Crippen LogP contribution >= 0.6 is 34.8 Å². The van der Waals surface area contributed by atoms with E-state index in [0.717, 1.165) is 6.42 Å². The van der Waals surface area contributed by atoms with E-state index < -0.39 is 9.76 Å². The molecule has 0 aliphatic rings. The minimum Gasteiger partial charge on any atom is -0.428 e. The van der Waals surface area contributed by atoms with Gasteiger partial charge in [0, 0.05) is 6.42 Å². The molecule has 0 atom stereocenters. The van der Waals surface area contributed by atoms with E-state index in [4.69, 9.17) is 39.5 Å². The van der Waals surface area contributed by atoms with Gasteiger partial charge in [-0.05, 0) is 12.5 Å². The number of alkyl halides is 3. The van der Waals surface area contributed by atoms with Crippen molar-refractivity contribution in [2.75, 3.05) is 0 Å². The molecule has 0 aliphatic heterocycles. The highest BCUT2D eigenvalue weighted by Gasteiger charge is 2.33. The summed E-state index contributed by atoms with van der Waals surface area (Å²) < 4.78 is 2.83. The Morgan fingerprint density at radius 2 is 1.92 bits per heavy atom. The van der Waals surface area contributed by atoms with Crippen LogP contribution in [0.1, 0.15) is 26.7 Å². The molecule has 13 heavy (non-hydrogen) atoms. The van der Waals surface area contributed by atoms with E-state index in [9.17, 15) is 4.79 Å². The molecule has 0 heterocycles. The van der Waals surface area contributed by atoms with E-state index >= 15 is 0 Å². The Morgan fingerprint density at radius 1 is 1.38 bits per heavy atom. The molecule has 0 aromatic heterocycles. The lowest BCUT2D eigenvalue weighted by Crippen LogP contribution is -2.21. The lowest BCUT2D eigenvalue weighted by molar-refractivity contribution is -0.138. The summed E-state index contributed by atoms with van der Waals surface area (Å²) in [5.74, 6) is -0.335. The molecule has 5 heteroatoms. The van der Waals surface area contributed by atoms with Crippen LogP contribution in [0.3, 0.4) is 0 Å². The van der Waals surface area contributed by atoms with Gasteiger partial charge in [0.25, 0.3) is 3.79 Å². The van der Waals surface area contributed by atoms with Crippen molar-refractivity contribution in [3.63, 3.8) is 0 Å². The molecule has 0 fully saturated rings. The quantitative estimate of drug-likeness (QED) is 0.431. The molecule has 0 aliphatic carbocycles. The Hall–Kier alpha value is 0.0800. The Morgan fingerprint density at radius 3 is 2.23 bits per heavy atom. The van der Waals surface area contributed by atoms with Gasteiger partial charge in [-0.2, -0.15) is 0 Å². The second-order valence-electron chi connectivity index (χ2n) is 2.32. The number of halogens is 3. The van der Waals surface area contributed by atoms with Gasteiger partial charge in [-0.15, -0.1) is 0 Å². The van der Waals surface area contributed by atoms with E-state index in [-0.39, 0.29) is 0 Å². The monoisotopic (exact) mass is 244 g/mol. The van der Waals surface area contributed by atoms with E-state index in [1.165, 1.54) is 0 Å². The fourth-order valence-corrected chi connectivity index (χ4v) is 0.779. The minimum absolute atomic E-state index is 0.527.